The Morgan fingerprint density at radius 1 is 0.727 bits per heavy atom. The Bertz CT molecular complexity index is 208. The first-order chi connectivity index (χ1) is 10.6. The topological polar surface area (TPSA) is 38.7 Å². The number of hydrogen-bond acceptors (Lipinski definition) is 3. The van der Waals surface area contributed by atoms with Crippen LogP contribution in [0.5, 0.6) is 0 Å². The second kappa shape index (κ2) is 16.3. The summed E-state index contributed by atoms with van der Waals surface area (Å²) >= 11 is 12.3. The Balaban J connectivity index is 3.43. The predicted octanol–water partition coefficient (Wildman–Crippen LogP) is 4.76. The van der Waals surface area contributed by atoms with Gasteiger partial charge in [-0.1, -0.05) is 52.4 Å². The van der Waals surface area contributed by atoms with E-state index in [4.69, 9.17) is 32.7 Å². The Kier molecular flexibility index (Phi) is 16.7. The highest BCUT2D eigenvalue weighted by atomic mass is 35.5. The third kappa shape index (κ3) is 15.4. The normalized spacial score (nSPS) is 15.7. The minimum atomic E-state index is -0.612. The van der Waals surface area contributed by atoms with Crippen LogP contribution in [-0.4, -0.2) is 48.4 Å². The summed E-state index contributed by atoms with van der Waals surface area (Å²) in [5, 5.41) is 9.83. The fourth-order valence-corrected chi connectivity index (χ4v) is 2.60. The van der Waals surface area contributed by atoms with E-state index in [1.807, 2.05) is 0 Å². The lowest BCUT2D eigenvalue weighted by molar-refractivity contribution is -0.0190. The Morgan fingerprint density at radius 2 is 1.14 bits per heavy atom. The first-order valence-electron chi connectivity index (χ1n) is 8.71. The van der Waals surface area contributed by atoms with Crippen molar-refractivity contribution in [3.8, 4) is 0 Å². The number of rotatable bonds is 16. The number of halogens is 2. The lowest BCUT2D eigenvalue weighted by atomic mass is 10.1. The minimum Gasteiger partial charge on any atom is -0.388 e. The van der Waals surface area contributed by atoms with Crippen LogP contribution in [0.25, 0.3) is 0 Å². The van der Waals surface area contributed by atoms with E-state index in [9.17, 15) is 5.11 Å². The summed E-state index contributed by atoms with van der Waals surface area (Å²) in [6.07, 6.45) is 8.39. The van der Waals surface area contributed by atoms with Crippen LogP contribution in [0.4, 0.5) is 0 Å². The van der Waals surface area contributed by atoms with Crippen molar-refractivity contribution >= 4 is 23.2 Å². The fraction of sp³-hybridized carbons (Fsp3) is 1.00. The Labute approximate surface area is 146 Å². The van der Waals surface area contributed by atoms with Crippen LogP contribution in [0, 0.1) is 0 Å². The zero-order valence-electron chi connectivity index (χ0n) is 14.2. The lowest BCUT2D eigenvalue weighted by Crippen LogP contribution is -2.25. The second-order valence-corrected chi connectivity index (χ2v) is 7.15. The molecular weight excluding hydrogens is 323 g/mol. The summed E-state index contributed by atoms with van der Waals surface area (Å²) in [6, 6.07) is 0. The van der Waals surface area contributed by atoms with E-state index in [1.54, 1.807) is 0 Å². The van der Waals surface area contributed by atoms with Crippen LogP contribution < -0.4 is 0 Å². The molecule has 0 aromatic carbocycles. The van der Waals surface area contributed by atoms with Crippen LogP contribution in [0.2, 0.25) is 0 Å². The summed E-state index contributed by atoms with van der Waals surface area (Å²) in [5.74, 6) is 0. The molecule has 0 rings (SSSR count). The molecular formula is C17H34Cl2O3. The summed E-state index contributed by atoms with van der Waals surface area (Å²) in [5.41, 5.74) is 0. The van der Waals surface area contributed by atoms with Crippen molar-refractivity contribution in [1.29, 1.82) is 0 Å². The van der Waals surface area contributed by atoms with E-state index < -0.39 is 6.10 Å². The van der Waals surface area contributed by atoms with Gasteiger partial charge < -0.3 is 14.6 Å². The lowest BCUT2D eigenvalue weighted by Gasteiger charge is -2.15. The molecule has 0 heterocycles. The summed E-state index contributed by atoms with van der Waals surface area (Å²) in [4.78, 5) is 0. The monoisotopic (exact) mass is 356 g/mol. The van der Waals surface area contributed by atoms with Gasteiger partial charge in [-0.2, -0.15) is 0 Å². The highest BCUT2D eigenvalue weighted by molar-refractivity contribution is 6.20. The molecule has 3 nitrogen and oxygen atoms in total. The van der Waals surface area contributed by atoms with Gasteiger partial charge in [0.05, 0.1) is 37.2 Å². The van der Waals surface area contributed by atoms with Gasteiger partial charge in [0.1, 0.15) is 6.10 Å². The Hall–Kier alpha value is 0.460. The molecule has 0 saturated carbocycles. The zero-order valence-corrected chi connectivity index (χ0v) is 15.7. The third-order valence-electron chi connectivity index (χ3n) is 3.46. The first-order valence-corrected chi connectivity index (χ1v) is 9.59. The van der Waals surface area contributed by atoms with Crippen molar-refractivity contribution in [2.24, 2.45) is 0 Å². The molecule has 0 radical (unpaired) electrons. The maximum Gasteiger partial charge on any atom is 0.101 e. The van der Waals surface area contributed by atoms with Gasteiger partial charge in [0.2, 0.25) is 0 Å². The molecule has 2 unspecified atom stereocenters. The van der Waals surface area contributed by atoms with Gasteiger partial charge in [-0.3, -0.25) is 0 Å². The van der Waals surface area contributed by atoms with Gasteiger partial charge in [-0.25, -0.2) is 0 Å². The van der Waals surface area contributed by atoms with E-state index >= 15 is 0 Å². The summed E-state index contributed by atoms with van der Waals surface area (Å²) < 4.78 is 10.9. The number of ether oxygens (including phenoxy) is 2. The standard InChI is InChI=1S/C17H34Cl2O3/c1-3-5-7-9-15(18)11-21-13-17(20)14-22-12-16(19)10-8-6-4-2/h15-17,20H,3-14H2,1-2H3. The molecule has 0 aromatic heterocycles. The SMILES string of the molecule is CCCCCC(Cl)COCC(O)COCC(Cl)CCCCC. The molecule has 0 aliphatic heterocycles. The highest BCUT2D eigenvalue weighted by Gasteiger charge is 2.10. The highest BCUT2D eigenvalue weighted by Crippen LogP contribution is 2.11. The minimum absolute atomic E-state index is 0.0328. The predicted molar refractivity (Wildman–Crippen MR) is 95.2 cm³/mol. The average Bonchev–Trinajstić information content (AvgIpc) is 2.48. The van der Waals surface area contributed by atoms with Crippen molar-refractivity contribution in [3.05, 3.63) is 0 Å². The summed E-state index contributed by atoms with van der Waals surface area (Å²) in [7, 11) is 0. The van der Waals surface area contributed by atoms with E-state index in [0.29, 0.717) is 13.2 Å². The molecule has 0 saturated heterocycles. The van der Waals surface area contributed by atoms with Crippen LogP contribution in [-0.2, 0) is 9.47 Å². The smallest absolute Gasteiger partial charge is 0.101 e. The molecule has 134 valence electrons. The van der Waals surface area contributed by atoms with Gasteiger partial charge >= 0.3 is 0 Å². The number of aliphatic hydroxyl groups is 1. The molecule has 0 bridgehead atoms. The van der Waals surface area contributed by atoms with E-state index in [-0.39, 0.29) is 24.0 Å². The zero-order chi connectivity index (χ0) is 16.6. The van der Waals surface area contributed by atoms with Crippen molar-refractivity contribution in [3.63, 3.8) is 0 Å². The molecule has 22 heavy (non-hydrogen) atoms. The van der Waals surface area contributed by atoms with Crippen LogP contribution in [0.3, 0.4) is 0 Å². The van der Waals surface area contributed by atoms with Crippen molar-refractivity contribution in [1.82, 2.24) is 0 Å². The molecule has 0 spiro atoms. The van der Waals surface area contributed by atoms with E-state index in [2.05, 4.69) is 13.8 Å². The van der Waals surface area contributed by atoms with Crippen LogP contribution in [0.15, 0.2) is 0 Å². The van der Waals surface area contributed by atoms with Gasteiger partial charge in [-0.05, 0) is 12.8 Å². The number of aliphatic hydroxyl groups excluding tert-OH is 1. The van der Waals surface area contributed by atoms with Gasteiger partial charge in [0.25, 0.3) is 0 Å². The van der Waals surface area contributed by atoms with Crippen molar-refractivity contribution in [2.75, 3.05) is 26.4 Å². The third-order valence-corrected chi connectivity index (χ3v) is 4.15. The number of unbranched alkanes of at least 4 members (excludes halogenated alkanes) is 4. The van der Waals surface area contributed by atoms with Crippen LogP contribution >= 0.6 is 23.2 Å². The van der Waals surface area contributed by atoms with Crippen molar-refractivity contribution in [2.45, 2.75) is 82.1 Å². The Morgan fingerprint density at radius 3 is 1.50 bits per heavy atom. The van der Waals surface area contributed by atoms with Gasteiger partial charge in [-0.15, -0.1) is 23.2 Å². The molecule has 1 N–H and O–H groups in total. The van der Waals surface area contributed by atoms with Crippen molar-refractivity contribution < 1.29 is 14.6 Å². The first kappa shape index (κ1) is 22.5. The molecule has 0 fully saturated rings. The summed E-state index contributed by atoms with van der Waals surface area (Å²) in [6.45, 7) is 5.84. The molecule has 0 aliphatic carbocycles. The molecule has 2 atom stereocenters. The average molecular weight is 357 g/mol. The largest absolute Gasteiger partial charge is 0.388 e. The van der Waals surface area contributed by atoms with E-state index in [1.165, 1.54) is 25.7 Å². The molecule has 0 aromatic rings. The maximum atomic E-state index is 9.77. The number of hydrogen-bond donors (Lipinski definition) is 1. The quantitative estimate of drug-likeness (QED) is 0.320. The molecule has 5 heteroatoms. The molecule has 0 aliphatic rings. The molecule has 0 amide bonds. The maximum absolute atomic E-state index is 9.77. The number of alkyl halides is 2. The van der Waals surface area contributed by atoms with Gasteiger partial charge in [0.15, 0.2) is 0 Å². The van der Waals surface area contributed by atoms with Crippen LogP contribution in [0.1, 0.15) is 65.2 Å². The second-order valence-electron chi connectivity index (χ2n) is 5.91. The van der Waals surface area contributed by atoms with Gasteiger partial charge in [0, 0.05) is 0 Å². The fourth-order valence-electron chi connectivity index (χ4n) is 2.11. The van der Waals surface area contributed by atoms with E-state index in [0.717, 1.165) is 25.7 Å².